The van der Waals surface area contributed by atoms with E-state index in [-0.39, 0.29) is 11.8 Å². The van der Waals surface area contributed by atoms with Crippen LogP contribution in [-0.2, 0) is 11.2 Å². The molecule has 2 aromatic carbocycles. The number of nitrogens with one attached hydrogen (secondary N) is 1. The maximum absolute atomic E-state index is 12.3. The number of hydrogen-bond acceptors (Lipinski definition) is 3. The third kappa shape index (κ3) is 2.65. The first kappa shape index (κ1) is 13.8. The quantitative estimate of drug-likeness (QED) is 0.809. The lowest BCUT2D eigenvalue weighted by atomic mass is 9.98. The Labute approximate surface area is 132 Å². The van der Waals surface area contributed by atoms with Crippen LogP contribution in [0.1, 0.15) is 12.0 Å². The highest BCUT2D eigenvalue weighted by Gasteiger charge is 2.30. The van der Waals surface area contributed by atoms with Gasteiger partial charge in [-0.15, -0.1) is 0 Å². The van der Waals surface area contributed by atoms with Crippen molar-refractivity contribution in [3.8, 4) is 0 Å². The fourth-order valence-corrected chi connectivity index (χ4v) is 3.24. The van der Waals surface area contributed by atoms with Gasteiger partial charge in [-0.25, -0.2) is 4.79 Å². The molecule has 4 rings (SSSR count). The number of anilines is 1. The van der Waals surface area contributed by atoms with Crippen LogP contribution >= 0.6 is 0 Å². The Hall–Kier alpha value is -2.82. The number of oxazole rings is 1. The molecule has 1 aliphatic heterocycles. The number of rotatable bonds is 3. The number of aromatic nitrogens is 1. The third-order valence-electron chi connectivity index (χ3n) is 4.28. The number of aromatic amines is 1. The first-order valence-corrected chi connectivity index (χ1v) is 7.66. The summed E-state index contributed by atoms with van der Waals surface area (Å²) in [6.45, 7) is 0.725. The van der Waals surface area contributed by atoms with Gasteiger partial charge in [-0.1, -0.05) is 24.3 Å². The van der Waals surface area contributed by atoms with E-state index in [4.69, 9.17) is 4.42 Å². The van der Waals surface area contributed by atoms with Gasteiger partial charge in [0.05, 0.1) is 5.52 Å². The smallest absolute Gasteiger partial charge is 0.408 e. The molecule has 0 radical (unpaired) electrons. The maximum Gasteiger partial charge on any atom is 0.417 e. The van der Waals surface area contributed by atoms with Crippen LogP contribution in [0.2, 0.25) is 0 Å². The van der Waals surface area contributed by atoms with Crippen LogP contribution < -0.4 is 10.7 Å². The molecule has 1 N–H and O–H groups in total. The van der Waals surface area contributed by atoms with Crippen LogP contribution in [0.4, 0.5) is 5.69 Å². The minimum atomic E-state index is -0.441. The molecule has 1 aliphatic rings. The Kier molecular flexibility index (Phi) is 3.26. The number of benzene rings is 2. The largest absolute Gasteiger partial charge is 0.417 e. The normalized spacial score (nSPS) is 18.0. The SMILES string of the molecule is O=C1C[C@@H](Cc2ccc3oc(=O)[nH]c3c2)CN1c1ccccc1. The van der Waals surface area contributed by atoms with Crippen molar-refractivity contribution in [2.45, 2.75) is 12.8 Å². The van der Waals surface area contributed by atoms with Crippen LogP contribution in [0, 0.1) is 5.92 Å². The lowest BCUT2D eigenvalue weighted by Crippen LogP contribution is -2.24. The highest BCUT2D eigenvalue weighted by Crippen LogP contribution is 2.27. The first-order chi connectivity index (χ1) is 11.2. The molecule has 1 aromatic heterocycles. The van der Waals surface area contributed by atoms with Crippen LogP contribution in [0.5, 0.6) is 0 Å². The fourth-order valence-electron chi connectivity index (χ4n) is 3.24. The molecule has 1 amide bonds. The number of amides is 1. The highest BCUT2D eigenvalue weighted by molar-refractivity contribution is 5.95. The van der Waals surface area contributed by atoms with Gasteiger partial charge in [0.1, 0.15) is 0 Å². The second-order valence-corrected chi connectivity index (χ2v) is 5.96. The van der Waals surface area contributed by atoms with E-state index < -0.39 is 5.76 Å². The number of H-pyrrole nitrogens is 1. The number of nitrogens with zero attached hydrogens (tertiary/aromatic N) is 1. The summed E-state index contributed by atoms with van der Waals surface area (Å²) in [7, 11) is 0. The van der Waals surface area contributed by atoms with Crippen LogP contribution in [0.25, 0.3) is 11.1 Å². The van der Waals surface area contributed by atoms with Gasteiger partial charge in [0, 0.05) is 18.7 Å². The van der Waals surface area contributed by atoms with Gasteiger partial charge in [-0.3, -0.25) is 9.78 Å². The lowest BCUT2D eigenvalue weighted by molar-refractivity contribution is -0.117. The summed E-state index contributed by atoms with van der Waals surface area (Å²) in [5, 5.41) is 0. The molecule has 0 bridgehead atoms. The minimum Gasteiger partial charge on any atom is -0.408 e. The van der Waals surface area contributed by atoms with Gasteiger partial charge in [0.25, 0.3) is 0 Å². The zero-order valence-corrected chi connectivity index (χ0v) is 12.5. The summed E-state index contributed by atoms with van der Waals surface area (Å²) in [6, 6.07) is 15.4. The molecule has 1 fully saturated rings. The zero-order valence-electron chi connectivity index (χ0n) is 12.5. The summed E-state index contributed by atoms with van der Waals surface area (Å²) < 4.78 is 5.01. The average molecular weight is 308 g/mol. The van der Waals surface area contributed by atoms with Crippen molar-refractivity contribution in [3.05, 3.63) is 64.6 Å². The fraction of sp³-hybridized carbons (Fsp3) is 0.222. The highest BCUT2D eigenvalue weighted by atomic mass is 16.4. The van der Waals surface area contributed by atoms with Gasteiger partial charge in [0.2, 0.25) is 5.91 Å². The van der Waals surface area contributed by atoms with Gasteiger partial charge >= 0.3 is 5.76 Å². The Bertz CT molecular complexity index is 911. The van der Waals surface area contributed by atoms with E-state index >= 15 is 0 Å². The van der Waals surface area contributed by atoms with Crippen molar-refractivity contribution in [1.82, 2.24) is 4.98 Å². The second kappa shape index (κ2) is 5.43. The van der Waals surface area contributed by atoms with Gasteiger partial charge < -0.3 is 9.32 Å². The van der Waals surface area contributed by atoms with E-state index in [0.717, 1.165) is 24.2 Å². The number of para-hydroxylation sites is 1. The number of carbonyl (C=O) groups is 1. The lowest BCUT2D eigenvalue weighted by Gasteiger charge is -2.16. The van der Waals surface area contributed by atoms with Gasteiger partial charge in [-0.2, -0.15) is 0 Å². The molecule has 0 aliphatic carbocycles. The van der Waals surface area contributed by atoms with Gasteiger partial charge in [0.15, 0.2) is 5.58 Å². The van der Waals surface area contributed by atoms with E-state index in [1.807, 2.05) is 47.4 Å². The van der Waals surface area contributed by atoms with E-state index in [1.54, 1.807) is 6.07 Å². The molecule has 5 heteroatoms. The molecule has 5 nitrogen and oxygen atoms in total. The van der Waals surface area contributed by atoms with Crippen LogP contribution in [0.3, 0.4) is 0 Å². The zero-order chi connectivity index (χ0) is 15.8. The first-order valence-electron chi connectivity index (χ1n) is 7.66. The molecular formula is C18H16N2O3. The molecule has 23 heavy (non-hydrogen) atoms. The Morgan fingerprint density at radius 2 is 1.96 bits per heavy atom. The van der Waals surface area contributed by atoms with E-state index in [0.29, 0.717) is 17.5 Å². The Morgan fingerprint density at radius 3 is 2.78 bits per heavy atom. The summed E-state index contributed by atoms with van der Waals surface area (Å²) in [5.41, 5.74) is 3.32. The van der Waals surface area contributed by atoms with Crippen molar-refractivity contribution in [1.29, 1.82) is 0 Å². The van der Waals surface area contributed by atoms with Crippen molar-refractivity contribution >= 4 is 22.7 Å². The summed E-state index contributed by atoms with van der Waals surface area (Å²) >= 11 is 0. The monoisotopic (exact) mass is 308 g/mol. The Morgan fingerprint density at radius 1 is 1.13 bits per heavy atom. The summed E-state index contributed by atoms with van der Waals surface area (Å²) in [4.78, 5) is 28.0. The summed E-state index contributed by atoms with van der Waals surface area (Å²) in [6.07, 6.45) is 1.35. The van der Waals surface area contributed by atoms with Gasteiger partial charge in [-0.05, 0) is 42.2 Å². The standard InChI is InChI=1S/C18H16N2O3/c21-17-10-13(11-20(17)14-4-2-1-3-5-14)8-12-6-7-16-15(9-12)19-18(22)23-16/h1-7,9,13H,8,10-11H2,(H,19,22)/t13-/m1/s1. The molecule has 1 saturated heterocycles. The van der Waals surface area contributed by atoms with Crippen molar-refractivity contribution in [2.75, 3.05) is 11.4 Å². The topological polar surface area (TPSA) is 66.3 Å². The average Bonchev–Trinajstić information content (AvgIpc) is 3.09. The molecule has 2 heterocycles. The summed E-state index contributed by atoms with van der Waals surface area (Å²) in [5.74, 6) is 0.00113. The minimum absolute atomic E-state index is 0.166. The van der Waals surface area contributed by atoms with E-state index in [2.05, 4.69) is 4.98 Å². The second-order valence-electron chi connectivity index (χ2n) is 5.96. The predicted octanol–water partition coefficient (Wildman–Crippen LogP) is 2.72. The van der Waals surface area contributed by atoms with Crippen LogP contribution in [-0.4, -0.2) is 17.4 Å². The van der Waals surface area contributed by atoms with Crippen molar-refractivity contribution in [2.24, 2.45) is 5.92 Å². The number of fused-ring (bicyclic) bond motifs is 1. The molecule has 0 spiro atoms. The molecule has 0 saturated carbocycles. The molecule has 1 atom stereocenters. The number of hydrogen-bond donors (Lipinski definition) is 1. The Balaban J connectivity index is 1.52. The third-order valence-corrected chi connectivity index (χ3v) is 4.28. The van der Waals surface area contributed by atoms with Crippen LogP contribution in [0.15, 0.2) is 57.7 Å². The van der Waals surface area contributed by atoms with E-state index in [9.17, 15) is 9.59 Å². The maximum atomic E-state index is 12.3. The van der Waals surface area contributed by atoms with Crippen molar-refractivity contribution in [3.63, 3.8) is 0 Å². The molecule has 116 valence electrons. The number of carbonyl (C=O) groups excluding carboxylic acids is 1. The molecular weight excluding hydrogens is 292 g/mol. The molecule has 3 aromatic rings. The molecule has 0 unspecified atom stereocenters. The van der Waals surface area contributed by atoms with Crippen molar-refractivity contribution < 1.29 is 9.21 Å². The predicted molar refractivity (Wildman–Crippen MR) is 87.4 cm³/mol. The van der Waals surface area contributed by atoms with E-state index in [1.165, 1.54) is 0 Å².